The van der Waals surface area contributed by atoms with Crippen LogP contribution in [0.4, 0.5) is 17.1 Å². The van der Waals surface area contributed by atoms with Crippen LogP contribution in [-0.2, 0) is 0 Å². The maximum absolute atomic E-state index is 10.9. The monoisotopic (exact) mass is 250 g/mol. The molecule has 0 aromatic heterocycles. The molecule has 0 amide bonds. The number of nitro groups is 1. The van der Waals surface area contributed by atoms with Crippen LogP contribution in [0, 0.1) is 10.1 Å². The van der Waals surface area contributed by atoms with Gasteiger partial charge in [-0.15, -0.1) is 0 Å². The SMILES string of the molecule is CCC1CCCN1c1cc(NN)cc([N+](=O)[O-])c1. The van der Waals surface area contributed by atoms with Crippen molar-refractivity contribution in [2.75, 3.05) is 16.9 Å². The van der Waals surface area contributed by atoms with E-state index in [1.165, 1.54) is 6.07 Å². The zero-order valence-electron chi connectivity index (χ0n) is 10.4. The summed E-state index contributed by atoms with van der Waals surface area (Å²) in [5.41, 5.74) is 4.01. The van der Waals surface area contributed by atoms with Crippen LogP contribution in [0.5, 0.6) is 0 Å². The van der Waals surface area contributed by atoms with E-state index in [2.05, 4.69) is 17.2 Å². The predicted octanol–water partition coefficient (Wildman–Crippen LogP) is 2.26. The quantitative estimate of drug-likeness (QED) is 0.486. The van der Waals surface area contributed by atoms with Gasteiger partial charge in [0.1, 0.15) is 0 Å². The second kappa shape index (κ2) is 5.22. The van der Waals surface area contributed by atoms with Crippen LogP contribution >= 0.6 is 0 Å². The Hall–Kier alpha value is -1.82. The molecular formula is C12H18N4O2. The standard InChI is InChI=1S/C12H18N4O2/c1-2-10-4-3-5-15(10)11-6-9(14-13)7-12(8-11)16(17)18/h6-8,10,14H,2-5,13H2,1H3. The second-order valence-corrected chi connectivity index (χ2v) is 4.54. The first kappa shape index (κ1) is 12.6. The van der Waals surface area contributed by atoms with Crippen LogP contribution in [0.2, 0.25) is 0 Å². The summed E-state index contributed by atoms with van der Waals surface area (Å²) in [7, 11) is 0. The van der Waals surface area contributed by atoms with Crippen molar-refractivity contribution >= 4 is 17.1 Å². The molecule has 1 atom stereocenters. The molecule has 2 rings (SSSR count). The van der Waals surface area contributed by atoms with Crippen LogP contribution in [0.25, 0.3) is 0 Å². The number of hydrogen-bond donors (Lipinski definition) is 2. The minimum atomic E-state index is -0.388. The molecule has 1 aromatic rings. The van der Waals surface area contributed by atoms with Crippen molar-refractivity contribution in [2.24, 2.45) is 5.84 Å². The molecular weight excluding hydrogens is 232 g/mol. The largest absolute Gasteiger partial charge is 0.368 e. The summed E-state index contributed by atoms with van der Waals surface area (Å²) < 4.78 is 0. The first-order valence-electron chi connectivity index (χ1n) is 6.18. The number of nitrogen functional groups attached to an aromatic ring is 1. The molecule has 0 spiro atoms. The van der Waals surface area contributed by atoms with Gasteiger partial charge in [-0.3, -0.25) is 16.0 Å². The van der Waals surface area contributed by atoms with Crippen LogP contribution in [-0.4, -0.2) is 17.5 Å². The molecule has 18 heavy (non-hydrogen) atoms. The molecule has 1 unspecified atom stereocenters. The highest BCUT2D eigenvalue weighted by molar-refractivity contribution is 5.64. The van der Waals surface area contributed by atoms with E-state index < -0.39 is 0 Å². The molecule has 6 heteroatoms. The van der Waals surface area contributed by atoms with Gasteiger partial charge in [0.2, 0.25) is 0 Å². The third kappa shape index (κ3) is 2.38. The molecule has 1 saturated heterocycles. The lowest BCUT2D eigenvalue weighted by atomic mass is 10.1. The molecule has 3 N–H and O–H groups in total. The molecule has 0 radical (unpaired) electrons. The van der Waals surface area contributed by atoms with Gasteiger partial charge in [-0.25, -0.2) is 0 Å². The van der Waals surface area contributed by atoms with E-state index in [-0.39, 0.29) is 10.6 Å². The number of anilines is 2. The Morgan fingerprint density at radius 2 is 2.33 bits per heavy atom. The molecule has 1 aliphatic rings. The van der Waals surface area contributed by atoms with E-state index in [4.69, 9.17) is 5.84 Å². The van der Waals surface area contributed by atoms with Crippen molar-refractivity contribution in [1.29, 1.82) is 0 Å². The van der Waals surface area contributed by atoms with Gasteiger partial charge in [0.25, 0.3) is 5.69 Å². The summed E-state index contributed by atoms with van der Waals surface area (Å²) in [4.78, 5) is 12.7. The van der Waals surface area contributed by atoms with Gasteiger partial charge in [-0.05, 0) is 25.3 Å². The van der Waals surface area contributed by atoms with Crippen molar-refractivity contribution in [2.45, 2.75) is 32.2 Å². The Morgan fingerprint density at radius 1 is 1.56 bits per heavy atom. The lowest BCUT2D eigenvalue weighted by Crippen LogP contribution is -2.28. The highest BCUT2D eigenvalue weighted by Gasteiger charge is 2.24. The number of non-ortho nitro benzene ring substituents is 1. The Kier molecular flexibility index (Phi) is 3.66. The molecule has 0 bridgehead atoms. The van der Waals surface area contributed by atoms with E-state index >= 15 is 0 Å². The molecule has 1 fully saturated rings. The van der Waals surface area contributed by atoms with Gasteiger partial charge in [-0.1, -0.05) is 6.92 Å². The van der Waals surface area contributed by atoms with Gasteiger partial charge >= 0.3 is 0 Å². The summed E-state index contributed by atoms with van der Waals surface area (Å²) in [6.07, 6.45) is 3.32. The molecule has 98 valence electrons. The van der Waals surface area contributed by atoms with Gasteiger partial charge in [0.05, 0.1) is 10.6 Å². The van der Waals surface area contributed by atoms with Gasteiger partial charge in [-0.2, -0.15) is 0 Å². The molecule has 0 aliphatic carbocycles. The zero-order chi connectivity index (χ0) is 13.1. The van der Waals surface area contributed by atoms with Crippen molar-refractivity contribution in [3.05, 3.63) is 28.3 Å². The Balaban J connectivity index is 2.37. The molecule has 0 saturated carbocycles. The van der Waals surface area contributed by atoms with Crippen molar-refractivity contribution in [3.63, 3.8) is 0 Å². The number of hydrazine groups is 1. The number of nitrogens with zero attached hydrogens (tertiary/aromatic N) is 2. The van der Waals surface area contributed by atoms with Crippen LogP contribution in [0.15, 0.2) is 18.2 Å². The van der Waals surface area contributed by atoms with Crippen molar-refractivity contribution < 1.29 is 4.92 Å². The average Bonchev–Trinajstić information content (AvgIpc) is 2.86. The molecule has 6 nitrogen and oxygen atoms in total. The van der Waals surface area contributed by atoms with Gasteiger partial charge < -0.3 is 10.3 Å². The number of nitro benzene ring substituents is 1. The third-order valence-corrected chi connectivity index (χ3v) is 3.46. The highest BCUT2D eigenvalue weighted by Crippen LogP contribution is 2.32. The Labute approximate surface area is 106 Å². The highest BCUT2D eigenvalue weighted by atomic mass is 16.6. The first-order chi connectivity index (χ1) is 8.65. The average molecular weight is 250 g/mol. The smallest absolute Gasteiger partial charge is 0.273 e. The van der Waals surface area contributed by atoms with Gasteiger partial charge in [0.15, 0.2) is 0 Å². The van der Waals surface area contributed by atoms with Crippen LogP contribution in [0.1, 0.15) is 26.2 Å². The molecule has 1 heterocycles. The third-order valence-electron chi connectivity index (χ3n) is 3.46. The fourth-order valence-corrected chi connectivity index (χ4v) is 2.55. The van der Waals surface area contributed by atoms with Gasteiger partial charge in [0, 0.05) is 30.4 Å². The van der Waals surface area contributed by atoms with E-state index in [9.17, 15) is 10.1 Å². The molecule has 1 aromatic carbocycles. The maximum atomic E-state index is 10.9. The van der Waals surface area contributed by atoms with Crippen LogP contribution in [0.3, 0.4) is 0 Å². The lowest BCUT2D eigenvalue weighted by Gasteiger charge is -2.26. The Morgan fingerprint density at radius 3 is 2.94 bits per heavy atom. The van der Waals surface area contributed by atoms with Crippen molar-refractivity contribution in [3.8, 4) is 0 Å². The fraction of sp³-hybridized carbons (Fsp3) is 0.500. The minimum absolute atomic E-state index is 0.0715. The number of nitrogens with two attached hydrogens (primary N) is 1. The minimum Gasteiger partial charge on any atom is -0.368 e. The van der Waals surface area contributed by atoms with E-state index in [1.54, 1.807) is 6.07 Å². The Bertz CT molecular complexity index is 450. The summed E-state index contributed by atoms with van der Waals surface area (Å²) >= 11 is 0. The van der Waals surface area contributed by atoms with E-state index in [0.29, 0.717) is 11.7 Å². The lowest BCUT2D eigenvalue weighted by molar-refractivity contribution is -0.384. The molecule has 1 aliphatic heterocycles. The number of rotatable bonds is 4. The van der Waals surface area contributed by atoms with E-state index in [0.717, 1.165) is 31.5 Å². The van der Waals surface area contributed by atoms with Crippen LogP contribution < -0.4 is 16.2 Å². The zero-order valence-corrected chi connectivity index (χ0v) is 10.4. The summed E-state index contributed by atoms with van der Waals surface area (Å²) in [6.45, 7) is 3.09. The summed E-state index contributed by atoms with van der Waals surface area (Å²) in [5.74, 6) is 5.36. The summed E-state index contributed by atoms with van der Waals surface area (Å²) in [6, 6.07) is 5.40. The first-order valence-corrected chi connectivity index (χ1v) is 6.18. The number of benzene rings is 1. The number of nitrogens with one attached hydrogen (secondary N) is 1. The topological polar surface area (TPSA) is 84.4 Å². The normalized spacial score (nSPS) is 19.0. The summed E-state index contributed by atoms with van der Waals surface area (Å²) in [5, 5.41) is 10.9. The second-order valence-electron chi connectivity index (χ2n) is 4.54. The van der Waals surface area contributed by atoms with E-state index in [1.807, 2.05) is 6.07 Å². The fourth-order valence-electron chi connectivity index (χ4n) is 2.55. The number of hydrogen-bond acceptors (Lipinski definition) is 5. The predicted molar refractivity (Wildman–Crippen MR) is 71.6 cm³/mol. The van der Waals surface area contributed by atoms with Crippen molar-refractivity contribution in [1.82, 2.24) is 0 Å². The maximum Gasteiger partial charge on any atom is 0.273 e.